The van der Waals surface area contributed by atoms with Crippen LogP contribution in [-0.4, -0.2) is 19.7 Å². The highest BCUT2D eigenvalue weighted by molar-refractivity contribution is 5.25. The highest BCUT2D eigenvalue weighted by Gasteiger charge is 2.27. The van der Waals surface area contributed by atoms with Crippen molar-refractivity contribution in [2.24, 2.45) is 11.8 Å². The number of hydrogen-bond acceptors (Lipinski definition) is 2. The maximum absolute atomic E-state index is 12.6. The van der Waals surface area contributed by atoms with Crippen LogP contribution in [0.3, 0.4) is 0 Å². The average Bonchev–Trinajstić information content (AvgIpc) is 2.47. The van der Waals surface area contributed by atoms with Crippen LogP contribution in [-0.2, 0) is 4.74 Å². The summed E-state index contributed by atoms with van der Waals surface area (Å²) in [5.41, 5.74) is 1.08. The fraction of sp³-hybridized carbons (Fsp3) is 0.647. The van der Waals surface area contributed by atoms with Gasteiger partial charge in [-0.3, -0.25) is 0 Å². The van der Waals surface area contributed by atoms with Crippen LogP contribution in [0.1, 0.15) is 50.3 Å². The first-order valence-electron chi connectivity index (χ1n) is 7.78. The van der Waals surface area contributed by atoms with Gasteiger partial charge in [-0.15, -0.1) is 0 Å². The highest BCUT2D eigenvalue weighted by atomic mass is 19.3. The minimum Gasteiger partial charge on any atom is -0.373 e. The van der Waals surface area contributed by atoms with E-state index in [1.165, 1.54) is 12.1 Å². The third-order valence-corrected chi connectivity index (χ3v) is 3.92. The van der Waals surface area contributed by atoms with Crippen LogP contribution in [0.2, 0.25) is 0 Å². The van der Waals surface area contributed by atoms with Crippen molar-refractivity contribution in [1.82, 2.24) is 5.32 Å². The second-order valence-corrected chi connectivity index (χ2v) is 6.21. The molecular formula is C17H25F2NO. The Bertz CT molecular complexity index is 419. The molecule has 0 aliphatic carbocycles. The summed E-state index contributed by atoms with van der Waals surface area (Å²) < 4.78 is 31.1. The maximum atomic E-state index is 12.6. The molecule has 2 atom stereocenters. The van der Waals surface area contributed by atoms with Gasteiger partial charge in [0.25, 0.3) is 6.43 Å². The highest BCUT2D eigenvalue weighted by Crippen LogP contribution is 2.34. The van der Waals surface area contributed by atoms with E-state index >= 15 is 0 Å². The molecule has 1 aliphatic rings. The van der Waals surface area contributed by atoms with Crippen molar-refractivity contribution in [2.75, 3.05) is 19.7 Å². The van der Waals surface area contributed by atoms with Gasteiger partial charge >= 0.3 is 0 Å². The maximum Gasteiger partial charge on any atom is 0.263 e. The summed E-state index contributed by atoms with van der Waals surface area (Å²) >= 11 is 0. The first-order valence-corrected chi connectivity index (χ1v) is 7.78. The minimum atomic E-state index is -2.41. The SMILES string of the molecule is CC(C)CNCC1CCCOC1c1ccc(C(F)F)cc1. The molecule has 1 heterocycles. The van der Waals surface area contributed by atoms with E-state index < -0.39 is 6.43 Å². The summed E-state index contributed by atoms with van der Waals surface area (Å²) in [5.74, 6) is 1.04. The third-order valence-electron chi connectivity index (χ3n) is 3.92. The molecule has 1 N–H and O–H groups in total. The van der Waals surface area contributed by atoms with Gasteiger partial charge in [-0.2, -0.15) is 0 Å². The zero-order valence-electron chi connectivity index (χ0n) is 12.8. The molecule has 2 nitrogen and oxygen atoms in total. The number of nitrogens with one attached hydrogen (secondary N) is 1. The van der Waals surface area contributed by atoms with Crippen LogP contribution in [0.25, 0.3) is 0 Å². The summed E-state index contributed by atoms with van der Waals surface area (Å²) in [4.78, 5) is 0. The molecule has 1 saturated heterocycles. The lowest BCUT2D eigenvalue weighted by Crippen LogP contribution is -2.33. The first kappa shape index (κ1) is 16.4. The van der Waals surface area contributed by atoms with E-state index in [2.05, 4.69) is 19.2 Å². The predicted molar refractivity (Wildman–Crippen MR) is 80.5 cm³/mol. The van der Waals surface area contributed by atoms with Crippen LogP contribution in [0.15, 0.2) is 24.3 Å². The fourth-order valence-electron chi connectivity index (χ4n) is 2.81. The molecule has 21 heavy (non-hydrogen) atoms. The Morgan fingerprint density at radius 1 is 1.24 bits per heavy atom. The summed E-state index contributed by atoms with van der Waals surface area (Å²) in [7, 11) is 0. The van der Waals surface area contributed by atoms with Gasteiger partial charge in [0.05, 0.1) is 6.10 Å². The van der Waals surface area contributed by atoms with E-state index in [4.69, 9.17) is 4.74 Å². The standard InChI is InChI=1S/C17H25F2NO/c1-12(2)10-20-11-15-4-3-9-21-16(15)13-5-7-14(8-6-13)17(18)19/h5-8,12,15-17,20H,3-4,9-11H2,1-2H3. The Labute approximate surface area is 125 Å². The van der Waals surface area contributed by atoms with E-state index in [0.29, 0.717) is 11.8 Å². The Morgan fingerprint density at radius 2 is 1.95 bits per heavy atom. The van der Waals surface area contributed by atoms with E-state index in [1.807, 2.05) is 0 Å². The number of alkyl halides is 2. The van der Waals surface area contributed by atoms with Crippen LogP contribution in [0.5, 0.6) is 0 Å². The molecule has 0 saturated carbocycles. The van der Waals surface area contributed by atoms with Crippen LogP contribution in [0.4, 0.5) is 8.78 Å². The molecule has 1 aromatic rings. The molecule has 118 valence electrons. The summed E-state index contributed by atoms with van der Waals surface area (Å²) in [5, 5.41) is 3.48. The monoisotopic (exact) mass is 297 g/mol. The van der Waals surface area contributed by atoms with Crippen molar-refractivity contribution in [2.45, 2.75) is 39.2 Å². The Hall–Kier alpha value is -1.00. The van der Waals surface area contributed by atoms with Gasteiger partial charge < -0.3 is 10.1 Å². The molecule has 0 spiro atoms. The summed E-state index contributed by atoms with van der Waals surface area (Å²) in [6, 6.07) is 6.59. The van der Waals surface area contributed by atoms with Crippen molar-refractivity contribution in [3.63, 3.8) is 0 Å². The van der Waals surface area contributed by atoms with Crippen LogP contribution in [0, 0.1) is 11.8 Å². The molecule has 0 radical (unpaired) electrons. The number of ether oxygens (including phenoxy) is 1. The molecule has 1 fully saturated rings. The Kier molecular flexibility index (Phi) is 6.12. The minimum absolute atomic E-state index is 0.0186. The zero-order chi connectivity index (χ0) is 15.2. The second-order valence-electron chi connectivity index (χ2n) is 6.21. The normalized spacial score (nSPS) is 23.0. The van der Waals surface area contributed by atoms with E-state index in [-0.39, 0.29) is 11.7 Å². The average molecular weight is 297 g/mol. The van der Waals surface area contributed by atoms with Gasteiger partial charge in [0, 0.05) is 24.6 Å². The van der Waals surface area contributed by atoms with Crippen molar-refractivity contribution in [3.8, 4) is 0 Å². The van der Waals surface area contributed by atoms with Gasteiger partial charge in [-0.25, -0.2) is 8.78 Å². The lowest BCUT2D eigenvalue weighted by Gasteiger charge is -2.32. The first-order chi connectivity index (χ1) is 10.1. The third kappa shape index (κ3) is 4.75. The van der Waals surface area contributed by atoms with Gasteiger partial charge in [-0.05, 0) is 30.9 Å². The molecule has 1 aromatic carbocycles. The lowest BCUT2D eigenvalue weighted by molar-refractivity contribution is -0.0279. The van der Waals surface area contributed by atoms with Crippen LogP contribution >= 0.6 is 0 Å². The van der Waals surface area contributed by atoms with Crippen molar-refractivity contribution < 1.29 is 13.5 Å². The van der Waals surface area contributed by atoms with Gasteiger partial charge in [0.1, 0.15) is 0 Å². The molecule has 2 unspecified atom stereocenters. The van der Waals surface area contributed by atoms with E-state index in [1.54, 1.807) is 12.1 Å². The largest absolute Gasteiger partial charge is 0.373 e. The fourth-order valence-corrected chi connectivity index (χ4v) is 2.81. The molecule has 4 heteroatoms. The number of halogens is 2. The molecule has 0 bridgehead atoms. The molecule has 0 amide bonds. The van der Waals surface area contributed by atoms with E-state index in [9.17, 15) is 8.78 Å². The second kappa shape index (κ2) is 7.85. The quantitative estimate of drug-likeness (QED) is 0.843. The Morgan fingerprint density at radius 3 is 2.57 bits per heavy atom. The Balaban J connectivity index is 2.00. The summed E-state index contributed by atoms with van der Waals surface area (Å²) in [6.07, 6.45) is -0.202. The van der Waals surface area contributed by atoms with Gasteiger partial charge in [-0.1, -0.05) is 38.1 Å². The zero-order valence-corrected chi connectivity index (χ0v) is 12.8. The van der Waals surface area contributed by atoms with Crippen molar-refractivity contribution in [1.29, 1.82) is 0 Å². The molecular weight excluding hydrogens is 272 g/mol. The van der Waals surface area contributed by atoms with Gasteiger partial charge in [0.2, 0.25) is 0 Å². The molecule has 1 aliphatic heterocycles. The topological polar surface area (TPSA) is 21.3 Å². The van der Waals surface area contributed by atoms with Gasteiger partial charge in [0.15, 0.2) is 0 Å². The number of rotatable bonds is 6. The van der Waals surface area contributed by atoms with Crippen molar-refractivity contribution in [3.05, 3.63) is 35.4 Å². The lowest BCUT2D eigenvalue weighted by atomic mass is 9.89. The predicted octanol–water partition coefficient (Wildman–Crippen LogP) is 4.34. The molecule has 2 rings (SSSR count). The molecule has 0 aromatic heterocycles. The van der Waals surface area contributed by atoms with Crippen molar-refractivity contribution >= 4 is 0 Å². The number of benzene rings is 1. The summed E-state index contributed by atoms with van der Waals surface area (Å²) in [6.45, 7) is 7.03. The smallest absolute Gasteiger partial charge is 0.263 e. The van der Waals surface area contributed by atoms with Crippen LogP contribution < -0.4 is 5.32 Å². The number of hydrogen-bond donors (Lipinski definition) is 1. The van der Waals surface area contributed by atoms with E-state index in [0.717, 1.165) is 38.1 Å².